The van der Waals surface area contributed by atoms with Crippen molar-refractivity contribution >= 4 is 8.60 Å². The zero-order chi connectivity index (χ0) is 12.0. The molecule has 0 radical (unpaired) electrons. The minimum atomic E-state index is -1.26. The minimum absolute atomic E-state index is 0.668. The van der Waals surface area contributed by atoms with Gasteiger partial charge in [0.1, 0.15) is 5.75 Å². The van der Waals surface area contributed by atoms with Gasteiger partial charge in [-0.2, -0.15) is 0 Å². The van der Waals surface area contributed by atoms with Gasteiger partial charge >= 0.3 is 8.60 Å². The molecule has 1 aromatic rings. The van der Waals surface area contributed by atoms with E-state index in [4.69, 9.17) is 13.6 Å². The van der Waals surface area contributed by atoms with Crippen LogP contribution in [-0.2, 0) is 15.5 Å². The lowest BCUT2D eigenvalue weighted by Gasteiger charge is -2.13. The molecule has 0 aliphatic carbocycles. The van der Waals surface area contributed by atoms with Crippen molar-refractivity contribution in [1.29, 1.82) is 0 Å². The van der Waals surface area contributed by atoms with Gasteiger partial charge in [0.05, 0.1) is 0 Å². The van der Waals surface area contributed by atoms with Gasteiger partial charge in [0.15, 0.2) is 0 Å². The molecule has 0 unspecified atom stereocenters. The van der Waals surface area contributed by atoms with Crippen LogP contribution in [0.2, 0.25) is 0 Å². The summed E-state index contributed by atoms with van der Waals surface area (Å²) in [5.41, 5.74) is 1.32. The van der Waals surface area contributed by atoms with Crippen molar-refractivity contribution in [3.8, 4) is 5.75 Å². The predicted molar refractivity (Wildman–Crippen MR) is 66.6 cm³/mol. The molecule has 90 valence electrons. The number of hydrogen-bond acceptors (Lipinski definition) is 3. The summed E-state index contributed by atoms with van der Waals surface area (Å²) >= 11 is 0. The average molecular weight is 242 g/mol. The van der Waals surface area contributed by atoms with Crippen molar-refractivity contribution in [3.63, 3.8) is 0 Å². The van der Waals surface area contributed by atoms with Crippen LogP contribution in [0.5, 0.6) is 5.75 Å². The molecule has 0 spiro atoms. The Hall–Kier alpha value is -0.630. The second kappa shape index (κ2) is 6.85. The molecule has 0 heterocycles. The van der Waals surface area contributed by atoms with Crippen LogP contribution in [0.15, 0.2) is 24.3 Å². The molecular formula is C12H19O3P. The second-order valence-electron chi connectivity index (χ2n) is 3.92. The van der Waals surface area contributed by atoms with Gasteiger partial charge in [-0.25, -0.2) is 0 Å². The third kappa shape index (κ3) is 4.48. The number of rotatable bonds is 6. The standard InChI is InChI=1S/C12H19O3P/c1-10(2)9-11-5-7-12(8-6-11)15-16(13-3)14-4/h5-8,10H,9H2,1-4H3. The monoisotopic (exact) mass is 242 g/mol. The van der Waals surface area contributed by atoms with E-state index < -0.39 is 8.60 Å². The molecule has 1 aromatic carbocycles. The molecule has 1 rings (SSSR count). The van der Waals surface area contributed by atoms with Crippen molar-refractivity contribution < 1.29 is 13.6 Å². The Morgan fingerprint density at radius 1 is 1.06 bits per heavy atom. The smallest absolute Gasteiger partial charge is 0.396 e. The zero-order valence-electron chi connectivity index (χ0n) is 10.3. The molecule has 3 nitrogen and oxygen atoms in total. The lowest BCUT2D eigenvalue weighted by molar-refractivity contribution is 0.277. The molecule has 16 heavy (non-hydrogen) atoms. The van der Waals surface area contributed by atoms with Crippen LogP contribution in [-0.4, -0.2) is 14.2 Å². The molecule has 4 heteroatoms. The van der Waals surface area contributed by atoms with Gasteiger partial charge in [-0.3, -0.25) is 0 Å². The first kappa shape index (κ1) is 13.4. The Bertz CT molecular complexity index is 294. The van der Waals surface area contributed by atoms with Crippen LogP contribution < -0.4 is 4.52 Å². The van der Waals surface area contributed by atoms with E-state index >= 15 is 0 Å². The van der Waals surface area contributed by atoms with Crippen LogP contribution in [0.3, 0.4) is 0 Å². The first-order chi connectivity index (χ1) is 7.65. The molecule has 0 saturated carbocycles. The maximum atomic E-state index is 5.49. The predicted octanol–water partition coefficient (Wildman–Crippen LogP) is 3.78. The lowest BCUT2D eigenvalue weighted by atomic mass is 10.0. The van der Waals surface area contributed by atoms with Crippen LogP contribution in [0, 0.1) is 5.92 Å². The van der Waals surface area contributed by atoms with Crippen molar-refractivity contribution in [1.82, 2.24) is 0 Å². The number of benzene rings is 1. The van der Waals surface area contributed by atoms with Gasteiger partial charge in [0.25, 0.3) is 0 Å². The quantitative estimate of drug-likeness (QED) is 0.710. The topological polar surface area (TPSA) is 27.7 Å². The Balaban J connectivity index is 2.57. The average Bonchev–Trinajstić information content (AvgIpc) is 2.27. The largest absolute Gasteiger partial charge is 0.427 e. The molecule has 0 amide bonds. The molecular weight excluding hydrogens is 223 g/mol. The summed E-state index contributed by atoms with van der Waals surface area (Å²) in [5.74, 6) is 1.45. The molecule has 0 fully saturated rings. The van der Waals surface area contributed by atoms with Crippen LogP contribution in [0.1, 0.15) is 19.4 Å². The van der Waals surface area contributed by atoms with E-state index in [1.54, 1.807) is 14.2 Å². The SMILES string of the molecule is COP(OC)Oc1ccc(CC(C)C)cc1. The van der Waals surface area contributed by atoms with Gasteiger partial charge in [-0.1, -0.05) is 26.0 Å². The van der Waals surface area contributed by atoms with E-state index in [1.807, 2.05) is 12.1 Å². The molecule has 0 saturated heterocycles. The third-order valence-electron chi connectivity index (χ3n) is 2.05. The Labute approximate surface area is 98.7 Å². The molecule has 0 aliphatic rings. The highest BCUT2D eigenvalue weighted by atomic mass is 31.2. The van der Waals surface area contributed by atoms with Crippen molar-refractivity contribution in [3.05, 3.63) is 29.8 Å². The summed E-state index contributed by atoms with van der Waals surface area (Å²) in [6, 6.07) is 8.05. The first-order valence-corrected chi connectivity index (χ1v) is 6.40. The molecule has 0 N–H and O–H groups in total. The summed E-state index contributed by atoms with van der Waals surface area (Å²) in [7, 11) is 1.88. The fraction of sp³-hybridized carbons (Fsp3) is 0.500. The van der Waals surface area contributed by atoms with Crippen molar-refractivity contribution in [2.75, 3.05) is 14.2 Å². The Morgan fingerprint density at radius 3 is 2.06 bits per heavy atom. The van der Waals surface area contributed by atoms with E-state index in [1.165, 1.54) is 5.56 Å². The van der Waals surface area contributed by atoms with Gasteiger partial charge in [0.2, 0.25) is 0 Å². The highest BCUT2D eigenvalue weighted by Gasteiger charge is 2.09. The van der Waals surface area contributed by atoms with Gasteiger partial charge in [0, 0.05) is 14.2 Å². The van der Waals surface area contributed by atoms with E-state index in [0.717, 1.165) is 12.2 Å². The van der Waals surface area contributed by atoms with Crippen LogP contribution >= 0.6 is 8.60 Å². The molecule has 0 aromatic heterocycles. The highest BCUT2D eigenvalue weighted by molar-refractivity contribution is 7.42. The summed E-state index contributed by atoms with van der Waals surface area (Å²) in [6.07, 6.45) is 1.09. The van der Waals surface area contributed by atoms with Crippen LogP contribution in [0.25, 0.3) is 0 Å². The minimum Gasteiger partial charge on any atom is -0.427 e. The van der Waals surface area contributed by atoms with Gasteiger partial charge in [-0.05, 0) is 30.0 Å². The third-order valence-corrected chi connectivity index (χ3v) is 3.00. The summed E-state index contributed by atoms with van der Waals surface area (Å²) in [5, 5.41) is 0. The summed E-state index contributed by atoms with van der Waals surface area (Å²) in [4.78, 5) is 0. The fourth-order valence-corrected chi connectivity index (χ4v) is 1.98. The van der Waals surface area contributed by atoms with Crippen LogP contribution in [0.4, 0.5) is 0 Å². The fourth-order valence-electron chi connectivity index (χ4n) is 1.39. The van der Waals surface area contributed by atoms with E-state index in [9.17, 15) is 0 Å². The maximum Gasteiger partial charge on any atom is 0.396 e. The normalized spacial score (nSPS) is 11.1. The van der Waals surface area contributed by atoms with Gasteiger partial charge in [-0.15, -0.1) is 0 Å². The summed E-state index contributed by atoms with van der Waals surface area (Å²) < 4.78 is 15.5. The molecule has 0 bridgehead atoms. The summed E-state index contributed by atoms with van der Waals surface area (Å²) in [6.45, 7) is 4.42. The lowest BCUT2D eigenvalue weighted by Crippen LogP contribution is -1.95. The van der Waals surface area contributed by atoms with Crippen molar-refractivity contribution in [2.24, 2.45) is 5.92 Å². The first-order valence-electron chi connectivity index (χ1n) is 5.31. The van der Waals surface area contributed by atoms with Crippen molar-refractivity contribution in [2.45, 2.75) is 20.3 Å². The Kier molecular flexibility index (Phi) is 5.75. The molecule has 0 atom stereocenters. The van der Waals surface area contributed by atoms with E-state index in [-0.39, 0.29) is 0 Å². The number of hydrogen-bond donors (Lipinski definition) is 0. The Morgan fingerprint density at radius 2 is 1.62 bits per heavy atom. The molecule has 0 aliphatic heterocycles. The van der Waals surface area contributed by atoms with Gasteiger partial charge < -0.3 is 13.6 Å². The zero-order valence-corrected chi connectivity index (χ0v) is 11.2. The second-order valence-corrected chi connectivity index (χ2v) is 5.28. The van der Waals surface area contributed by atoms with E-state index in [2.05, 4.69) is 26.0 Å². The maximum absolute atomic E-state index is 5.49. The highest BCUT2D eigenvalue weighted by Crippen LogP contribution is 2.38. The van der Waals surface area contributed by atoms with E-state index in [0.29, 0.717) is 5.92 Å².